The molecule has 0 saturated carbocycles. The summed E-state index contributed by atoms with van der Waals surface area (Å²) in [6, 6.07) is 0.472. The summed E-state index contributed by atoms with van der Waals surface area (Å²) >= 11 is 0. The van der Waals surface area contributed by atoms with Gasteiger partial charge in [0.25, 0.3) is 0 Å². The molecule has 0 aromatic carbocycles. The Labute approximate surface area is 75.8 Å². The van der Waals surface area contributed by atoms with E-state index < -0.39 is 23.4 Å². The van der Waals surface area contributed by atoms with Gasteiger partial charge >= 0.3 is 6.18 Å². The molecule has 0 bridgehead atoms. The Balaban J connectivity index is 3.31. The van der Waals surface area contributed by atoms with Gasteiger partial charge in [-0.3, -0.25) is 9.59 Å². The normalized spacial score (nSPS) is 11.1. The van der Waals surface area contributed by atoms with Crippen molar-refractivity contribution in [1.82, 2.24) is 9.97 Å². The van der Waals surface area contributed by atoms with Gasteiger partial charge in [-0.25, -0.2) is 9.97 Å². The van der Waals surface area contributed by atoms with Crippen LogP contribution < -0.4 is 0 Å². The fraction of sp³-hybridized carbons (Fsp3) is 0.143. The van der Waals surface area contributed by atoms with Gasteiger partial charge in [0.15, 0.2) is 18.4 Å². The Kier molecular flexibility index (Phi) is 2.59. The highest BCUT2D eigenvalue weighted by atomic mass is 19.4. The van der Waals surface area contributed by atoms with Crippen molar-refractivity contribution in [3.63, 3.8) is 0 Å². The highest BCUT2D eigenvalue weighted by Crippen LogP contribution is 2.27. The smallest absolute Gasteiger partial charge is 0.296 e. The molecule has 0 saturated heterocycles. The van der Waals surface area contributed by atoms with Crippen molar-refractivity contribution in [1.29, 1.82) is 0 Å². The van der Waals surface area contributed by atoms with Crippen LogP contribution in [-0.4, -0.2) is 22.5 Å². The highest BCUT2D eigenvalue weighted by molar-refractivity contribution is 5.75. The summed E-state index contributed by atoms with van der Waals surface area (Å²) in [5.74, 6) is -0.665. The molecule has 74 valence electrons. The number of hydrogen-bond acceptors (Lipinski definition) is 4. The Bertz CT molecular complexity index is 349. The van der Waals surface area contributed by atoms with Gasteiger partial charge in [0, 0.05) is 0 Å². The highest BCUT2D eigenvalue weighted by Gasteiger charge is 2.33. The fourth-order valence-electron chi connectivity index (χ4n) is 0.744. The van der Waals surface area contributed by atoms with Crippen LogP contribution in [0.3, 0.4) is 0 Å². The van der Waals surface area contributed by atoms with Gasteiger partial charge in [-0.2, -0.15) is 13.2 Å². The quantitative estimate of drug-likeness (QED) is 0.677. The van der Waals surface area contributed by atoms with Crippen molar-refractivity contribution in [3.05, 3.63) is 23.3 Å². The van der Waals surface area contributed by atoms with Crippen molar-refractivity contribution in [2.75, 3.05) is 0 Å². The molecule has 0 atom stereocenters. The predicted octanol–water partition coefficient (Wildman–Crippen LogP) is 1.12. The SMILES string of the molecule is O=Cc1cc(C(F)(F)F)nc(C=O)n1. The molecule has 0 spiro atoms. The maximum absolute atomic E-state index is 12.1. The number of aldehydes is 2. The first-order chi connectivity index (χ1) is 6.47. The zero-order chi connectivity index (χ0) is 10.8. The molecular formula is C7H3F3N2O2. The number of carbonyl (C=O) groups is 2. The van der Waals surface area contributed by atoms with Gasteiger partial charge in [0.05, 0.1) is 0 Å². The Morgan fingerprint density at radius 1 is 1.14 bits per heavy atom. The minimum absolute atomic E-state index is 0.0439. The van der Waals surface area contributed by atoms with Gasteiger partial charge in [-0.1, -0.05) is 0 Å². The molecular weight excluding hydrogens is 201 g/mol. The van der Waals surface area contributed by atoms with Crippen LogP contribution in [0, 0.1) is 0 Å². The largest absolute Gasteiger partial charge is 0.433 e. The van der Waals surface area contributed by atoms with Crippen LogP contribution >= 0.6 is 0 Å². The molecule has 4 nitrogen and oxygen atoms in total. The first kappa shape index (κ1) is 10.3. The van der Waals surface area contributed by atoms with Gasteiger partial charge < -0.3 is 0 Å². The lowest BCUT2D eigenvalue weighted by atomic mass is 10.3. The minimum Gasteiger partial charge on any atom is -0.296 e. The third kappa shape index (κ3) is 2.12. The van der Waals surface area contributed by atoms with E-state index in [2.05, 4.69) is 9.97 Å². The third-order valence-corrected chi connectivity index (χ3v) is 1.28. The van der Waals surface area contributed by atoms with Crippen LogP contribution in [-0.2, 0) is 6.18 Å². The molecule has 0 radical (unpaired) electrons. The second kappa shape index (κ2) is 3.52. The number of rotatable bonds is 2. The maximum Gasteiger partial charge on any atom is 0.433 e. The summed E-state index contributed by atoms with van der Waals surface area (Å²) in [5, 5.41) is 0. The summed E-state index contributed by atoms with van der Waals surface area (Å²) in [6.07, 6.45) is -4.54. The molecule has 0 aliphatic carbocycles. The second-order valence-electron chi connectivity index (χ2n) is 2.27. The van der Waals surface area contributed by atoms with Crippen LogP contribution in [0.4, 0.5) is 13.2 Å². The van der Waals surface area contributed by atoms with Crippen molar-refractivity contribution in [3.8, 4) is 0 Å². The number of halogens is 3. The first-order valence-corrected chi connectivity index (χ1v) is 3.34. The maximum atomic E-state index is 12.1. The van der Waals surface area contributed by atoms with Crippen molar-refractivity contribution >= 4 is 12.6 Å². The lowest BCUT2D eigenvalue weighted by Crippen LogP contribution is -2.12. The van der Waals surface area contributed by atoms with Crippen LogP contribution in [0.5, 0.6) is 0 Å². The van der Waals surface area contributed by atoms with E-state index in [1.165, 1.54) is 0 Å². The van der Waals surface area contributed by atoms with E-state index in [4.69, 9.17) is 0 Å². The summed E-state index contributed by atoms with van der Waals surface area (Å²) in [7, 11) is 0. The second-order valence-corrected chi connectivity index (χ2v) is 2.27. The molecule has 7 heteroatoms. The van der Waals surface area contributed by atoms with Crippen molar-refractivity contribution in [2.45, 2.75) is 6.18 Å². The van der Waals surface area contributed by atoms with E-state index in [1.807, 2.05) is 0 Å². The monoisotopic (exact) mass is 204 g/mol. The van der Waals surface area contributed by atoms with Gasteiger partial charge in [-0.05, 0) is 6.07 Å². The molecule has 0 fully saturated rings. The average molecular weight is 204 g/mol. The zero-order valence-electron chi connectivity index (χ0n) is 6.58. The summed E-state index contributed by atoms with van der Waals surface area (Å²) in [5.41, 5.74) is -1.79. The van der Waals surface area contributed by atoms with E-state index in [-0.39, 0.29) is 12.6 Å². The van der Waals surface area contributed by atoms with E-state index in [9.17, 15) is 22.8 Å². The van der Waals surface area contributed by atoms with Crippen molar-refractivity contribution < 1.29 is 22.8 Å². The van der Waals surface area contributed by atoms with E-state index in [0.29, 0.717) is 6.07 Å². The Morgan fingerprint density at radius 2 is 1.79 bits per heavy atom. The van der Waals surface area contributed by atoms with E-state index in [0.717, 1.165) is 0 Å². The lowest BCUT2D eigenvalue weighted by molar-refractivity contribution is -0.141. The topological polar surface area (TPSA) is 59.9 Å². The molecule has 0 aliphatic rings. The fourth-order valence-corrected chi connectivity index (χ4v) is 0.744. The summed E-state index contributed by atoms with van der Waals surface area (Å²) in [4.78, 5) is 26.5. The standard InChI is InChI=1S/C7H3F3N2O2/c8-7(9,10)5-1-4(2-13)11-6(3-14)12-5/h1-3H. The first-order valence-electron chi connectivity index (χ1n) is 3.34. The molecule has 1 rings (SSSR count). The molecule has 0 amide bonds. The molecule has 0 aliphatic heterocycles. The molecule has 0 N–H and O–H groups in total. The summed E-state index contributed by atoms with van der Waals surface area (Å²) < 4.78 is 36.3. The Hall–Kier alpha value is -1.79. The minimum atomic E-state index is -4.70. The average Bonchev–Trinajstić information content (AvgIpc) is 2.15. The van der Waals surface area contributed by atoms with E-state index in [1.54, 1.807) is 0 Å². The number of aromatic nitrogens is 2. The number of alkyl halides is 3. The van der Waals surface area contributed by atoms with Gasteiger partial charge in [-0.15, -0.1) is 0 Å². The molecule has 0 unspecified atom stereocenters. The molecule has 14 heavy (non-hydrogen) atoms. The summed E-state index contributed by atoms with van der Waals surface area (Å²) in [6.45, 7) is 0. The lowest BCUT2D eigenvalue weighted by Gasteiger charge is -2.05. The van der Waals surface area contributed by atoms with Crippen LogP contribution in [0.25, 0.3) is 0 Å². The molecule has 1 aromatic heterocycles. The van der Waals surface area contributed by atoms with Gasteiger partial charge in [0.1, 0.15) is 11.4 Å². The zero-order valence-corrected chi connectivity index (χ0v) is 6.58. The number of hydrogen-bond donors (Lipinski definition) is 0. The van der Waals surface area contributed by atoms with Crippen LogP contribution in [0.15, 0.2) is 6.07 Å². The van der Waals surface area contributed by atoms with Crippen LogP contribution in [0.1, 0.15) is 26.8 Å². The molecule has 1 heterocycles. The van der Waals surface area contributed by atoms with E-state index >= 15 is 0 Å². The van der Waals surface area contributed by atoms with Crippen molar-refractivity contribution in [2.24, 2.45) is 0 Å². The number of nitrogens with zero attached hydrogens (tertiary/aromatic N) is 2. The Morgan fingerprint density at radius 3 is 2.21 bits per heavy atom. The van der Waals surface area contributed by atoms with Crippen LogP contribution in [0.2, 0.25) is 0 Å². The molecule has 1 aromatic rings. The third-order valence-electron chi connectivity index (χ3n) is 1.28. The van der Waals surface area contributed by atoms with Gasteiger partial charge in [0.2, 0.25) is 0 Å². The number of carbonyl (C=O) groups excluding carboxylic acids is 2. The predicted molar refractivity (Wildman–Crippen MR) is 37.8 cm³/mol.